The standard InChI is InChI=1S/C16H20O6/c1-9-11-5-4-6-12(21-3)15(11)22-16(9,2)10(7-13(17)18)8-14(19)20/h4-6,9-10H,7-8H2,1-3H3,(H,17,18)(H,19,20). The maximum Gasteiger partial charge on any atom is 0.303 e. The van der Waals surface area contributed by atoms with Crippen LogP contribution in [-0.4, -0.2) is 34.9 Å². The quantitative estimate of drug-likeness (QED) is 0.838. The van der Waals surface area contributed by atoms with Crippen LogP contribution in [0.1, 0.15) is 38.2 Å². The number of benzene rings is 1. The maximum absolute atomic E-state index is 11.1. The molecule has 0 spiro atoms. The molecule has 0 saturated heterocycles. The Balaban J connectivity index is 2.41. The van der Waals surface area contributed by atoms with E-state index in [1.807, 2.05) is 19.1 Å². The van der Waals surface area contributed by atoms with Crippen LogP contribution < -0.4 is 9.47 Å². The molecule has 0 aromatic heterocycles. The summed E-state index contributed by atoms with van der Waals surface area (Å²) in [6, 6.07) is 5.50. The highest BCUT2D eigenvalue weighted by Gasteiger charge is 2.50. The second-order valence-electron chi connectivity index (χ2n) is 5.78. The minimum absolute atomic E-state index is 0.138. The second kappa shape index (κ2) is 5.87. The number of carbonyl (C=O) groups is 2. The van der Waals surface area contributed by atoms with Gasteiger partial charge in [0.2, 0.25) is 0 Å². The smallest absolute Gasteiger partial charge is 0.303 e. The number of carboxylic acids is 2. The molecular formula is C16H20O6. The zero-order chi connectivity index (χ0) is 16.5. The first-order valence-corrected chi connectivity index (χ1v) is 7.09. The molecule has 1 aromatic rings. The Morgan fingerprint density at radius 1 is 1.32 bits per heavy atom. The van der Waals surface area contributed by atoms with Crippen LogP contribution in [-0.2, 0) is 9.59 Å². The summed E-state index contributed by atoms with van der Waals surface area (Å²) >= 11 is 0. The lowest BCUT2D eigenvalue weighted by molar-refractivity contribution is -0.144. The van der Waals surface area contributed by atoms with E-state index in [9.17, 15) is 9.59 Å². The van der Waals surface area contributed by atoms with Crippen LogP contribution >= 0.6 is 0 Å². The third-order valence-corrected chi connectivity index (χ3v) is 4.53. The van der Waals surface area contributed by atoms with E-state index in [0.717, 1.165) is 5.56 Å². The van der Waals surface area contributed by atoms with Gasteiger partial charge in [-0.2, -0.15) is 0 Å². The van der Waals surface area contributed by atoms with Gasteiger partial charge in [-0.1, -0.05) is 19.1 Å². The molecule has 6 nitrogen and oxygen atoms in total. The predicted octanol–water partition coefficient (Wildman–Crippen LogP) is 2.52. The van der Waals surface area contributed by atoms with E-state index in [4.69, 9.17) is 19.7 Å². The summed E-state index contributed by atoms with van der Waals surface area (Å²) < 4.78 is 11.3. The first-order chi connectivity index (χ1) is 10.3. The molecule has 2 atom stereocenters. The fraction of sp³-hybridized carbons (Fsp3) is 0.500. The van der Waals surface area contributed by atoms with Gasteiger partial charge in [0.1, 0.15) is 5.60 Å². The third-order valence-electron chi connectivity index (χ3n) is 4.53. The molecule has 22 heavy (non-hydrogen) atoms. The van der Waals surface area contributed by atoms with E-state index in [2.05, 4.69) is 0 Å². The molecule has 0 saturated carbocycles. The first-order valence-electron chi connectivity index (χ1n) is 7.09. The normalized spacial score (nSPS) is 23.0. The van der Waals surface area contributed by atoms with Crippen molar-refractivity contribution in [1.29, 1.82) is 0 Å². The van der Waals surface area contributed by atoms with Crippen molar-refractivity contribution >= 4 is 11.9 Å². The second-order valence-corrected chi connectivity index (χ2v) is 5.78. The molecule has 0 radical (unpaired) electrons. The maximum atomic E-state index is 11.1. The van der Waals surface area contributed by atoms with Crippen LogP contribution in [0.25, 0.3) is 0 Å². The zero-order valence-electron chi connectivity index (χ0n) is 12.8. The number of para-hydroxylation sites is 1. The van der Waals surface area contributed by atoms with Crippen LogP contribution in [0.5, 0.6) is 11.5 Å². The highest BCUT2D eigenvalue weighted by atomic mass is 16.5. The van der Waals surface area contributed by atoms with Crippen molar-refractivity contribution in [2.24, 2.45) is 5.92 Å². The monoisotopic (exact) mass is 308 g/mol. The lowest BCUT2D eigenvalue weighted by Gasteiger charge is -2.35. The molecule has 1 heterocycles. The van der Waals surface area contributed by atoms with Crippen LogP contribution in [0.3, 0.4) is 0 Å². The molecule has 0 bridgehead atoms. The van der Waals surface area contributed by atoms with Gasteiger partial charge in [-0.05, 0) is 13.0 Å². The number of ether oxygens (including phenoxy) is 2. The van der Waals surface area contributed by atoms with Gasteiger partial charge in [-0.3, -0.25) is 9.59 Å². The van der Waals surface area contributed by atoms with Crippen molar-refractivity contribution in [3.05, 3.63) is 23.8 Å². The Morgan fingerprint density at radius 2 is 1.91 bits per heavy atom. The van der Waals surface area contributed by atoms with E-state index in [0.29, 0.717) is 11.5 Å². The fourth-order valence-corrected chi connectivity index (χ4v) is 3.10. The summed E-state index contributed by atoms with van der Waals surface area (Å²) in [6.07, 6.45) is -0.521. The van der Waals surface area contributed by atoms with Gasteiger partial charge in [0.15, 0.2) is 11.5 Å². The van der Waals surface area contributed by atoms with Crippen molar-refractivity contribution in [1.82, 2.24) is 0 Å². The molecule has 120 valence electrons. The van der Waals surface area contributed by atoms with E-state index in [1.54, 1.807) is 13.0 Å². The Morgan fingerprint density at radius 3 is 2.41 bits per heavy atom. The van der Waals surface area contributed by atoms with E-state index >= 15 is 0 Å². The molecule has 1 aliphatic heterocycles. The predicted molar refractivity (Wildman–Crippen MR) is 78.4 cm³/mol. The van der Waals surface area contributed by atoms with Gasteiger partial charge in [-0.15, -0.1) is 0 Å². The minimum atomic E-state index is -1.04. The van der Waals surface area contributed by atoms with E-state index in [1.165, 1.54) is 7.11 Å². The average Bonchev–Trinajstić information content (AvgIpc) is 2.70. The molecular weight excluding hydrogens is 288 g/mol. The van der Waals surface area contributed by atoms with Crippen molar-refractivity contribution < 1.29 is 29.3 Å². The van der Waals surface area contributed by atoms with Gasteiger partial charge >= 0.3 is 11.9 Å². The van der Waals surface area contributed by atoms with Crippen LogP contribution in [0, 0.1) is 5.92 Å². The highest BCUT2D eigenvalue weighted by Crippen LogP contribution is 2.52. The van der Waals surface area contributed by atoms with Gasteiger partial charge < -0.3 is 19.7 Å². The number of rotatable bonds is 6. The van der Waals surface area contributed by atoms with Gasteiger partial charge in [0.25, 0.3) is 0 Å². The molecule has 0 fully saturated rings. The highest BCUT2D eigenvalue weighted by molar-refractivity contribution is 5.71. The van der Waals surface area contributed by atoms with Gasteiger partial charge in [0.05, 0.1) is 20.0 Å². The number of carboxylic acid groups (broad SMARTS) is 2. The molecule has 0 amide bonds. The van der Waals surface area contributed by atoms with E-state index < -0.39 is 23.5 Å². The number of hydrogen-bond donors (Lipinski definition) is 2. The number of methoxy groups -OCH3 is 1. The van der Waals surface area contributed by atoms with Crippen molar-refractivity contribution in [3.63, 3.8) is 0 Å². The van der Waals surface area contributed by atoms with Crippen LogP contribution in [0.15, 0.2) is 18.2 Å². The van der Waals surface area contributed by atoms with Gasteiger partial charge in [0, 0.05) is 17.4 Å². The van der Waals surface area contributed by atoms with Crippen molar-refractivity contribution in [2.45, 2.75) is 38.2 Å². The third kappa shape index (κ3) is 2.73. The number of hydrogen-bond acceptors (Lipinski definition) is 4. The molecule has 1 aromatic carbocycles. The topological polar surface area (TPSA) is 93.1 Å². The van der Waals surface area contributed by atoms with Crippen LogP contribution in [0.2, 0.25) is 0 Å². The zero-order valence-corrected chi connectivity index (χ0v) is 12.8. The van der Waals surface area contributed by atoms with Crippen molar-refractivity contribution in [2.75, 3.05) is 7.11 Å². The first kappa shape index (κ1) is 16.1. The fourth-order valence-electron chi connectivity index (χ4n) is 3.10. The minimum Gasteiger partial charge on any atom is -0.493 e. The molecule has 2 N–H and O–H groups in total. The summed E-state index contributed by atoms with van der Waals surface area (Å²) in [6.45, 7) is 3.69. The van der Waals surface area contributed by atoms with Crippen molar-refractivity contribution in [3.8, 4) is 11.5 Å². The summed E-state index contributed by atoms with van der Waals surface area (Å²) in [4.78, 5) is 22.2. The molecule has 6 heteroatoms. The summed E-state index contributed by atoms with van der Waals surface area (Å²) in [5.74, 6) is -1.72. The van der Waals surface area contributed by atoms with Gasteiger partial charge in [-0.25, -0.2) is 0 Å². The Hall–Kier alpha value is -2.24. The summed E-state index contributed by atoms with van der Waals surface area (Å²) in [5.41, 5.74) is -0.00377. The Kier molecular flexibility index (Phi) is 4.30. The molecule has 1 aliphatic rings. The molecule has 2 unspecified atom stereocenters. The number of aliphatic carboxylic acids is 2. The Bertz CT molecular complexity index is 580. The summed E-state index contributed by atoms with van der Waals surface area (Å²) in [7, 11) is 1.53. The van der Waals surface area contributed by atoms with E-state index in [-0.39, 0.29) is 18.8 Å². The molecule has 0 aliphatic carbocycles. The lowest BCUT2D eigenvalue weighted by Crippen LogP contribution is -2.43. The van der Waals surface area contributed by atoms with Crippen LogP contribution in [0.4, 0.5) is 0 Å². The largest absolute Gasteiger partial charge is 0.493 e. The lowest BCUT2D eigenvalue weighted by atomic mass is 9.74. The average molecular weight is 308 g/mol. The molecule has 2 rings (SSSR count). The Labute approximate surface area is 128 Å². The SMILES string of the molecule is COc1cccc2c1OC(C)(C(CC(=O)O)CC(=O)O)C2C. The number of fused-ring (bicyclic) bond motifs is 1. The summed E-state index contributed by atoms with van der Waals surface area (Å²) in [5, 5.41) is 18.2.